The zero-order chi connectivity index (χ0) is 14.6. The van der Waals surface area contributed by atoms with Gasteiger partial charge in [0.15, 0.2) is 0 Å². The molecule has 0 spiro atoms. The fraction of sp³-hybridized carbons (Fsp3) is 0.824. The fourth-order valence-corrected chi connectivity index (χ4v) is 4.93. The van der Waals surface area contributed by atoms with E-state index in [1.54, 1.807) is 0 Å². The third-order valence-electron chi connectivity index (χ3n) is 5.39. The lowest BCUT2D eigenvalue weighted by Crippen LogP contribution is -2.56. The maximum atomic E-state index is 4.45. The lowest BCUT2D eigenvalue weighted by molar-refractivity contribution is -0.00747. The molecule has 1 aliphatic heterocycles. The first-order valence-electron chi connectivity index (χ1n) is 7.65. The van der Waals surface area contributed by atoms with Gasteiger partial charge in [0.05, 0.1) is 6.33 Å². The Kier molecular flexibility index (Phi) is 3.35. The molecule has 0 saturated heterocycles. The number of nitrogens with zero attached hydrogens (tertiary/aromatic N) is 2. The second-order valence-corrected chi connectivity index (χ2v) is 8.06. The van der Waals surface area contributed by atoms with Crippen molar-refractivity contribution >= 4 is 0 Å². The molecule has 2 unspecified atom stereocenters. The van der Waals surface area contributed by atoms with Crippen LogP contribution < -0.4 is 0 Å². The van der Waals surface area contributed by atoms with Crippen LogP contribution in [0.25, 0.3) is 0 Å². The second kappa shape index (κ2) is 4.36. The summed E-state index contributed by atoms with van der Waals surface area (Å²) >= 11 is 0. The van der Waals surface area contributed by atoms with Crippen LogP contribution in [0.2, 0.25) is 0 Å². The van der Waals surface area contributed by atoms with Crippen LogP contribution in [-0.4, -0.2) is 9.55 Å². The van der Waals surface area contributed by atoms with Crippen molar-refractivity contribution in [2.75, 3.05) is 0 Å². The molecule has 1 aromatic rings. The molecule has 19 heavy (non-hydrogen) atoms. The zero-order valence-electron chi connectivity index (χ0n) is 13.9. The van der Waals surface area contributed by atoms with E-state index in [1.165, 1.54) is 5.69 Å². The Balaban J connectivity index is 2.68. The predicted octanol–water partition coefficient (Wildman–Crippen LogP) is 4.45. The van der Waals surface area contributed by atoms with Crippen molar-refractivity contribution in [1.29, 1.82) is 0 Å². The number of fused-ring (bicyclic) bond motifs is 1. The molecular weight excluding hydrogens is 232 g/mol. The van der Waals surface area contributed by atoms with Crippen molar-refractivity contribution in [1.82, 2.24) is 9.55 Å². The highest BCUT2D eigenvalue weighted by atomic mass is 15.1. The van der Waals surface area contributed by atoms with Crippen molar-refractivity contribution < 1.29 is 0 Å². The fourth-order valence-electron chi connectivity index (χ4n) is 4.93. The maximum absolute atomic E-state index is 4.45. The summed E-state index contributed by atoms with van der Waals surface area (Å²) in [6.07, 6.45) is 4.11. The molecule has 0 bridgehead atoms. The van der Waals surface area contributed by atoms with E-state index >= 15 is 0 Å². The second-order valence-electron chi connectivity index (χ2n) is 8.06. The third-order valence-corrected chi connectivity index (χ3v) is 5.39. The van der Waals surface area contributed by atoms with E-state index in [-0.39, 0.29) is 11.0 Å². The van der Waals surface area contributed by atoms with Gasteiger partial charge in [-0.3, -0.25) is 0 Å². The Hall–Kier alpha value is -0.790. The molecule has 1 aliphatic rings. The molecule has 2 nitrogen and oxygen atoms in total. The Bertz CT molecular complexity index is 411. The van der Waals surface area contributed by atoms with Gasteiger partial charge in [-0.05, 0) is 37.5 Å². The number of rotatable bonds is 2. The van der Waals surface area contributed by atoms with Gasteiger partial charge in [0.1, 0.15) is 0 Å². The van der Waals surface area contributed by atoms with Crippen molar-refractivity contribution in [3.63, 3.8) is 0 Å². The van der Waals surface area contributed by atoms with Crippen LogP contribution >= 0.6 is 0 Å². The lowest BCUT2D eigenvalue weighted by Gasteiger charge is -2.56. The Morgan fingerprint density at radius 1 is 1.00 bits per heavy atom. The highest BCUT2D eigenvalue weighted by molar-refractivity contribution is 5.23. The third kappa shape index (κ3) is 1.95. The zero-order valence-corrected chi connectivity index (χ0v) is 13.9. The summed E-state index contributed by atoms with van der Waals surface area (Å²) in [5.41, 5.74) is 1.73. The molecule has 0 aliphatic carbocycles. The molecule has 2 heteroatoms. The van der Waals surface area contributed by atoms with E-state index in [2.05, 4.69) is 71.1 Å². The summed E-state index contributed by atoms with van der Waals surface area (Å²) < 4.78 is 2.43. The molecule has 108 valence electrons. The van der Waals surface area contributed by atoms with Crippen LogP contribution in [0.5, 0.6) is 0 Å². The van der Waals surface area contributed by atoms with Gasteiger partial charge in [0.2, 0.25) is 0 Å². The van der Waals surface area contributed by atoms with Crippen molar-refractivity contribution in [2.24, 2.45) is 23.7 Å². The lowest BCUT2D eigenvalue weighted by atomic mass is 9.55. The molecule has 0 fully saturated rings. The van der Waals surface area contributed by atoms with E-state index in [0.717, 1.165) is 0 Å². The highest BCUT2D eigenvalue weighted by Crippen LogP contribution is 2.53. The van der Waals surface area contributed by atoms with Crippen molar-refractivity contribution in [3.8, 4) is 0 Å². The standard InChI is InChI=1S/C17H30N2/c1-11(2)14-15(12(3)4)17(7,8)19-10-18-9-13(19)16(14,5)6/h9-12,14-15H,1-8H3. The normalized spacial score (nSPS) is 28.7. The van der Waals surface area contributed by atoms with E-state index in [1.807, 2.05) is 6.33 Å². The summed E-state index contributed by atoms with van der Waals surface area (Å²) in [5.74, 6) is 2.72. The average Bonchev–Trinajstić information content (AvgIpc) is 2.72. The van der Waals surface area contributed by atoms with Gasteiger partial charge in [-0.15, -0.1) is 0 Å². The van der Waals surface area contributed by atoms with Gasteiger partial charge in [0, 0.05) is 22.8 Å². The van der Waals surface area contributed by atoms with E-state index in [9.17, 15) is 0 Å². The van der Waals surface area contributed by atoms with Crippen LogP contribution in [0.3, 0.4) is 0 Å². The topological polar surface area (TPSA) is 17.8 Å². The molecule has 0 N–H and O–H groups in total. The largest absolute Gasteiger partial charge is 0.328 e. The highest BCUT2D eigenvalue weighted by Gasteiger charge is 2.52. The van der Waals surface area contributed by atoms with E-state index < -0.39 is 0 Å². The molecule has 0 radical (unpaired) electrons. The quantitative estimate of drug-likeness (QED) is 0.769. The SMILES string of the molecule is CC(C)C1C(C(C)C)C(C)(C)n2cncc2C1(C)C. The predicted molar refractivity (Wildman–Crippen MR) is 81.2 cm³/mol. The van der Waals surface area contributed by atoms with Gasteiger partial charge >= 0.3 is 0 Å². The Labute approximate surface area is 118 Å². The van der Waals surface area contributed by atoms with Gasteiger partial charge in [-0.25, -0.2) is 4.98 Å². The molecular formula is C17H30N2. The summed E-state index contributed by atoms with van der Waals surface area (Å²) in [7, 11) is 0. The van der Waals surface area contributed by atoms with Crippen LogP contribution in [-0.2, 0) is 11.0 Å². The Morgan fingerprint density at radius 2 is 1.53 bits per heavy atom. The number of hydrogen-bond acceptors (Lipinski definition) is 1. The maximum Gasteiger partial charge on any atom is 0.0953 e. The van der Waals surface area contributed by atoms with E-state index in [4.69, 9.17) is 0 Å². The molecule has 0 aromatic carbocycles. The van der Waals surface area contributed by atoms with Gasteiger partial charge in [0.25, 0.3) is 0 Å². The molecule has 0 saturated carbocycles. The smallest absolute Gasteiger partial charge is 0.0953 e. The molecule has 2 rings (SSSR count). The van der Waals surface area contributed by atoms with Crippen LogP contribution in [0.1, 0.15) is 61.1 Å². The molecule has 1 aromatic heterocycles. The molecule has 0 amide bonds. The number of hydrogen-bond donors (Lipinski definition) is 0. The summed E-state index contributed by atoms with van der Waals surface area (Å²) in [6.45, 7) is 19.1. The molecule has 2 atom stereocenters. The number of imidazole rings is 1. The Morgan fingerprint density at radius 3 is 2.00 bits per heavy atom. The first-order chi connectivity index (χ1) is 8.61. The monoisotopic (exact) mass is 262 g/mol. The van der Waals surface area contributed by atoms with Crippen LogP contribution in [0.15, 0.2) is 12.5 Å². The van der Waals surface area contributed by atoms with Crippen molar-refractivity contribution in [2.45, 2.75) is 66.3 Å². The van der Waals surface area contributed by atoms with Gasteiger partial charge in [-0.1, -0.05) is 41.5 Å². The minimum absolute atomic E-state index is 0.143. The summed E-state index contributed by atoms with van der Waals surface area (Å²) in [6, 6.07) is 0. The van der Waals surface area contributed by atoms with Crippen molar-refractivity contribution in [3.05, 3.63) is 18.2 Å². The van der Waals surface area contributed by atoms with Gasteiger partial charge in [-0.2, -0.15) is 0 Å². The minimum atomic E-state index is 0.143. The average molecular weight is 262 g/mol. The minimum Gasteiger partial charge on any atom is -0.328 e. The summed E-state index contributed by atoms with van der Waals surface area (Å²) in [4.78, 5) is 4.45. The summed E-state index contributed by atoms with van der Waals surface area (Å²) in [5, 5.41) is 0. The van der Waals surface area contributed by atoms with Crippen LogP contribution in [0.4, 0.5) is 0 Å². The van der Waals surface area contributed by atoms with Gasteiger partial charge < -0.3 is 4.57 Å². The first-order valence-corrected chi connectivity index (χ1v) is 7.65. The number of aromatic nitrogens is 2. The van der Waals surface area contributed by atoms with Crippen LogP contribution in [0, 0.1) is 23.7 Å². The molecule has 2 heterocycles. The first kappa shape index (κ1) is 14.6. The van der Waals surface area contributed by atoms with E-state index in [0.29, 0.717) is 23.7 Å².